The number of hydrogen-bond acceptors (Lipinski definition) is 5. The van der Waals surface area contributed by atoms with E-state index in [1.54, 1.807) is 6.92 Å². The molecule has 1 fully saturated rings. The third-order valence-corrected chi connectivity index (χ3v) is 2.87. The first-order valence-electron chi connectivity index (χ1n) is 5.52. The maximum Gasteiger partial charge on any atom is 0.274 e. The van der Waals surface area contributed by atoms with Gasteiger partial charge < -0.3 is 15.4 Å². The van der Waals surface area contributed by atoms with E-state index in [1.165, 1.54) is 23.5 Å². The van der Waals surface area contributed by atoms with Gasteiger partial charge in [-0.05, 0) is 6.92 Å². The fourth-order valence-corrected chi connectivity index (χ4v) is 1.76. The Hall–Kier alpha value is -2.02. The van der Waals surface area contributed by atoms with Crippen LogP contribution in [-0.4, -0.2) is 52.0 Å². The van der Waals surface area contributed by atoms with Gasteiger partial charge in [-0.3, -0.25) is 14.6 Å². The molecule has 0 aliphatic carbocycles. The average Bonchev–Trinajstić information content (AvgIpc) is 2.39. The van der Waals surface area contributed by atoms with Crippen molar-refractivity contribution in [3.63, 3.8) is 0 Å². The molecule has 1 aliphatic rings. The van der Waals surface area contributed by atoms with E-state index in [-0.39, 0.29) is 24.8 Å². The largest absolute Gasteiger partial charge is 0.367 e. The molecule has 18 heavy (non-hydrogen) atoms. The second kappa shape index (κ2) is 4.69. The smallest absolute Gasteiger partial charge is 0.274 e. The zero-order valence-corrected chi connectivity index (χ0v) is 10.00. The topological polar surface area (TPSA) is 98.4 Å². The fourth-order valence-electron chi connectivity index (χ4n) is 1.76. The quantitative estimate of drug-likeness (QED) is 0.740. The number of carbonyl (C=O) groups is 2. The minimum absolute atomic E-state index is 0.123. The van der Waals surface area contributed by atoms with Gasteiger partial charge in [-0.25, -0.2) is 4.98 Å². The minimum Gasteiger partial charge on any atom is -0.367 e. The van der Waals surface area contributed by atoms with Crippen LogP contribution in [-0.2, 0) is 9.53 Å². The molecule has 0 unspecified atom stereocenters. The third kappa shape index (κ3) is 2.30. The Morgan fingerprint density at radius 3 is 2.89 bits per heavy atom. The molecule has 1 atom stereocenters. The SMILES string of the molecule is C[C@]1(C(N)=O)CN(C(=O)c2cnccn2)CCO1. The van der Waals surface area contributed by atoms with Crippen LogP contribution in [0.5, 0.6) is 0 Å². The summed E-state index contributed by atoms with van der Waals surface area (Å²) in [4.78, 5) is 32.7. The van der Waals surface area contributed by atoms with Crippen molar-refractivity contribution in [2.45, 2.75) is 12.5 Å². The molecular weight excluding hydrogens is 236 g/mol. The standard InChI is InChI=1S/C11H14N4O3/c1-11(10(12)17)7-15(4-5-18-11)9(16)8-6-13-2-3-14-8/h2-3,6H,4-5,7H2,1H3,(H2,12,17)/t11-/m1/s1. The molecule has 2 amide bonds. The van der Waals surface area contributed by atoms with Crippen LogP contribution >= 0.6 is 0 Å². The Kier molecular flexibility index (Phi) is 3.24. The van der Waals surface area contributed by atoms with Crippen molar-refractivity contribution < 1.29 is 14.3 Å². The van der Waals surface area contributed by atoms with Crippen molar-refractivity contribution in [2.75, 3.05) is 19.7 Å². The summed E-state index contributed by atoms with van der Waals surface area (Å²) >= 11 is 0. The molecule has 0 saturated carbocycles. The third-order valence-electron chi connectivity index (χ3n) is 2.87. The highest BCUT2D eigenvalue weighted by Gasteiger charge is 2.39. The number of ether oxygens (including phenoxy) is 1. The van der Waals surface area contributed by atoms with Gasteiger partial charge in [-0.15, -0.1) is 0 Å². The number of hydrogen-bond donors (Lipinski definition) is 1. The van der Waals surface area contributed by atoms with Crippen molar-refractivity contribution in [2.24, 2.45) is 5.73 Å². The molecule has 96 valence electrons. The molecule has 1 aliphatic heterocycles. The molecule has 0 radical (unpaired) electrons. The summed E-state index contributed by atoms with van der Waals surface area (Å²) in [5.41, 5.74) is 4.37. The number of nitrogens with zero attached hydrogens (tertiary/aromatic N) is 3. The molecule has 7 heteroatoms. The normalized spacial score (nSPS) is 23.7. The van der Waals surface area contributed by atoms with E-state index in [1.807, 2.05) is 0 Å². The van der Waals surface area contributed by atoms with Gasteiger partial charge in [0.1, 0.15) is 5.69 Å². The molecule has 1 saturated heterocycles. The van der Waals surface area contributed by atoms with Gasteiger partial charge in [0.2, 0.25) is 0 Å². The summed E-state index contributed by atoms with van der Waals surface area (Å²) in [6.45, 7) is 2.37. The van der Waals surface area contributed by atoms with E-state index < -0.39 is 11.5 Å². The molecule has 7 nitrogen and oxygen atoms in total. The second-order valence-electron chi connectivity index (χ2n) is 4.26. The molecule has 2 N–H and O–H groups in total. The Bertz CT molecular complexity index is 465. The monoisotopic (exact) mass is 250 g/mol. The highest BCUT2D eigenvalue weighted by Crippen LogP contribution is 2.18. The molecule has 1 aromatic rings. The van der Waals surface area contributed by atoms with Gasteiger partial charge in [0, 0.05) is 18.9 Å². The molecule has 1 aromatic heterocycles. The van der Waals surface area contributed by atoms with Gasteiger partial charge in [0.25, 0.3) is 11.8 Å². The minimum atomic E-state index is -1.14. The lowest BCUT2D eigenvalue weighted by atomic mass is 10.0. The number of morpholine rings is 1. The number of amides is 2. The van der Waals surface area contributed by atoms with Crippen LogP contribution in [0.15, 0.2) is 18.6 Å². The van der Waals surface area contributed by atoms with Crippen LogP contribution in [0.25, 0.3) is 0 Å². The molecule has 0 aromatic carbocycles. The first kappa shape index (κ1) is 12.4. The Labute approximate surface area is 104 Å². The van der Waals surface area contributed by atoms with E-state index in [4.69, 9.17) is 10.5 Å². The summed E-state index contributed by atoms with van der Waals surface area (Å²) in [5, 5.41) is 0. The average molecular weight is 250 g/mol. The lowest BCUT2D eigenvalue weighted by molar-refractivity contribution is -0.150. The molecule has 2 heterocycles. The van der Waals surface area contributed by atoms with Gasteiger partial charge in [0.15, 0.2) is 5.60 Å². The Morgan fingerprint density at radius 2 is 2.28 bits per heavy atom. The van der Waals surface area contributed by atoms with E-state index in [9.17, 15) is 9.59 Å². The maximum absolute atomic E-state index is 12.1. The van der Waals surface area contributed by atoms with Crippen molar-refractivity contribution in [1.29, 1.82) is 0 Å². The van der Waals surface area contributed by atoms with E-state index in [2.05, 4.69) is 9.97 Å². The number of rotatable bonds is 2. The summed E-state index contributed by atoms with van der Waals surface area (Å²) < 4.78 is 5.34. The van der Waals surface area contributed by atoms with Crippen LogP contribution in [0.2, 0.25) is 0 Å². The van der Waals surface area contributed by atoms with Gasteiger partial charge in [0.05, 0.1) is 19.3 Å². The van der Waals surface area contributed by atoms with Crippen LogP contribution in [0.1, 0.15) is 17.4 Å². The highest BCUT2D eigenvalue weighted by atomic mass is 16.5. The van der Waals surface area contributed by atoms with Crippen molar-refractivity contribution in [3.05, 3.63) is 24.3 Å². The first-order chi connectivity index (χ1) is 8.53. The van der Waals surface area contributed by atoms with Gasteiger partial charge in [-0.1, -0.05) is 0 Å². The van der Waals surface area contributed by atoms with E-state index in [0.29, 0.717) is 6.54 Å². The van der Waals surface area contributed by atoms with Crippen molar-refractivity contribution in [1.82, 2.24) is 14.9 Å². The lowest BCUT2D eigenvalue weighted by Gasteiger charge is -2.38. The van der Waals surface area contributed by atoms with Crippen molar-refractivity contribution >= 4 is 11.8 Å². The van der Waals surface area contributed by atoms with Gasteiger partial charge in [-0.2, -0.15) is 0 Å². The zero-order valence-electron chi connectivity index (χ0n) is 10.00. The molecule has 0 spiro atoms. The molecule has 0 bridgehead atoms. The Morgan fingerprint density at radius 1 is 1.50 bits per heavy atom. The predicted molar refractivity (Wildman–Crippen MR) is 61.5 cm³/mol. The molecular formula is C11H14N4O3. The second-order valence-corrected chi connectivity index (χ2v) is 4.26. The zero-order chi connectivity index (χ0) is 13.2. The lowest BCUT2D eigenvalue weighted by Crippen LogP contribution is -2.58. The predicted octanol–water partition coefficient (Wildman–Crippen LogP) is -0.807. The maximum atomic E-state index is 12.1. The summed E-state index contributed by atoms with van der Waals surface area (Å²) in [6.07, 6.45) is 4.32. The van der Waals surface area contributed by atoms with E-state index >= 15 is 0 Å². The summed E-state index contributed by atoms with van der Waals surface area (Å²) in [7, 11) is 0. The highest BCUT2D eigenvalue weighted by molar-refractivity contribution is 5.93. The summed E-state index contributed by atoms with van der Waals surface area (Å²) in [6, 6.07) is 0. The molecule has 2 rings (SSSR count). The fraction of sp³-hybridized carbons (Fsp3) is 0.455. The number of aromatic nitrogens is 2. The van der Waals surface area contributed by atoms with Gasteiger partial charge >= 0.3 is 0 Å². The first-order valence-corrected chi connectivity index (χ1v) is 5.52. The van der Waals surface area contributed by atoms with Crippen LogP contribution in [0.4, 0.5) is 0 Å². The number of carbonyl (C=O) groups excluding carboxylic acids is 2. The van der Waals surface area contributed by atoms with Crippen LogP contribution in [0, 0.1) is 0 Å². The number of nitrogens with two attached hydrogens (primary N) is 1. The number of primary amides is 1. The van der Waals surface area contributed by atoms with Crippen molar-refractivity contribution in [3.8, 4) is 0 Å². The van der Waals surface area contributed by atoms with Crippen LogP contribution < -0.4 is 5.73 Å². The Balaban J connectivity index is 2.15. The van der Waals surface area contributed by atoms with Crippen LogP contribution in [0.3, 0.4) is 0 Å². The van der Waals surface area contributed by atoms with E-state index in [0.717, 1.165) is 0 Å². The summed E-state index contributed by atoms with van der Waals surface area (Å²) in [5.74, 6) is -0.863.